The normalized spacial score (nSPS) is 14.1. The minimum absolute atomic E-state index is 0.0375. The van der Waals surface area contributed by atoms with E-state index in [2.05, 4.69) is 129 Å². The molecule has 0 saturated heterocycles. The van der Waals surface area contributed by atoms with E-state index in [9.17, 15) is 19.0 Å². The zero-order valence-corrected chi connectivity index (χ0v) is 44.4. The van der Waals surface area contributed by atoms with Crippen molar-refractivity contribution in [1.29, 1.82) is 0 Å². The van der Waals surface area contributed by atoms with Gasteiger partial charge >= 0.3 is 19.8 Å². The molecular weight excluding hydrogens is 882 g/mol. The number of carbonyl (C=O) groups excluding carboxylic acids is 2. The van der Waals surface area contributed by atoms with Crippen LogP contribution in [0.3, 0.4) is 0 Å². The summed E-state index contributed by atoms with van der Waals surface area (Å²) >= 11 is 0. The zero-order chi connectivity index (χ0) is 50.2. The Balaban J connectivity index is 4.19. The van der Waals surface area contributed by atoms with Gasteiger partial charge in [-0.25, -0.2) is 4.57 Å². The van der Waals surface area contributed by atoms with Crippen molar-refractivity contribution >= 4 is 19.8 Å². The van der Waals surface area contributed by atoms with E-state index in [0.717, 1.165) is 83.5 Å². The molecule has 0 heterocycles. The molecule has 2 atom stereocenters. The van der Waals surface area contributed by atoms with E-state index in [4.69, 9.17) is 24.3 Å². The van der Waals surface area contributed by atoms with Gasteiger partial charge in [0, 0.05) is 19.4 Å². The Bertz CT molecular complexity index is 1540. The number of hydrogen-bond acceptors (Lipinski definition) is 8. The molecule has 0 saturated carbocycles. The van der Waals surface area contributed by atoms with Crippen LogP contribution in [0.25, 0.3) is 0 Å². The van der Waals surface area contributed by atoms with E-state index in [0.29, 0.717) is 12.8 Å². The number of esters is 2. The Hall–Kier alpha value is -3.59. The molecule has 0 aliphatic rings. The maximum Gasteiger partial charge on any atom is 0.472 e. The van der Waals surface area contributed by atoms with Crippen molar-refractivity contribution < 1.29 is 37.6 Å². The van der Waals surface area contributed by atoms with Gasteiger partial charge in [0.2, 0.25) is 0 Å². The molecule has 0 aliphatic heterocycles. The maximum absolute atomic E-state index is 12.7. The fourth-order valence-corrected chi connectivity index (χ4v) is 7.63. The van der Waals surface area contributed by atoms with E-state index in [1.165, 1.54) is 83.5 Å². The van der Waals surface area contributed by atoms with Crippen molar-refractivity contribution in [2.45, 2.75) is 213 Å². The summed E-state index contributed by atoms with van der Waals surface area (Å²) in [5.74, 6) is -0.908. The van der Waals surface area contributed by atoms with E-state index in [1.807, 2.05) is 6.08 Å². The fraction of sp³-hybridized carbons (Fsp3) is 0.627. The summed E-state index contributed by atoms with van der Waals surface area (Å²) in [7, 11) is -4.41. The smallest absolute Gasteiger partial charge is 0.462 e. The largest absolute Gasteiger partial charge is 0.472 e. The van der Waals surface area contributed by atoms with Crippen LogP contribution < -0.4 is 5.73 Å². The molecule has 0 aromatic rings. The number of carbonyl (C=O) groups is 2. The van der Waals surface area contributed by atoms with E-state index in [-0.39, 0.29) is 32.6 Å². The standard InChI is InChI=1S/C59H98NO8P/c1-3-5-7-9-11-13-15-17-19-21-23-24-25-26-27-28-29-30-31-32-34-36-38-40-42-44-46-48-50-52-59(62)68-57(56-67-69(63,64)66-54-53-60)55-65-58(61)51-49-47-45-43-41-39-37-35-33-22-20-18-16-14-12-10-8-6-4-2/h5,7,11,13,17-20,23-24,26-27,29-30,32,34,38,40,44,46,57H,3-4,6,8-10,12,14-16,21-22,25,28,31,33,35-37,39,41-43,45,47-56,60H2,1-2H3,(H,63,64)/b7-5-,13-11-,19-17-,20-18-,24-23-,27-26-,30-29-,34-32-,40-38-,46-44-. The summed E-state index contributed by atoms with van der Waals surface area (Å²) in [6.45, 7) is 3.54. The van der Waals surface area contributed by atoms with Crippen LogP contribution in [0.1, 0.15) is 206 Å². The van der Waals surface area contributed by atoms with Crippen molar-refractivity contribution in [3.8, 4) is 0 Å². The Morgan fingerprint density at radius 3 is 1.25 bits per heavy atom. The number of hydrogen-bond donors (Lipinski definition) is 2. The third-order valence-corrected chi connectivity index (χ3v) is 11.8. The predicted molar refractivity (Wildman–Crippen MR) is 293 cm³/mol. The van der Waals surface area contributed by atoms with Gasteiger partial charge in [0.1, 0.15) is 6.61 Å². The van der Waals surface area contributed by atoms with Gasteiger partial charge in [0.15, 0.2) is 6.10 Å². The number of rotatable bonds is 49. The molecule has 3 N–H and O–H groups in total. The molecule has 9 nitrogen and oxygen atoms in total. The number of unbranched alkanes of at least 4 members (excludes halogenated alkanes) is 16. The lowest BCUT2D eigenvalue weighted by Crippen LogP contribution is -2.29. The molecule has 392 valence electrons. The Morgan fingerprint density at radius 2 is 0.812 bits per heavy atom. The minimum atomic E-state index is -4.41. The highest BCUT2D eigenvalue weighted by Gasteiger charge is 2.26. The summed E-state index contributed by atoms with van der Waals surface area (Å²) in [6, 6.07) is 0. The molecule has 0 spiro atoms. The number of nitrogens with two attached hydrogens (primary N) is 1. The number of ether oxygens (including phenoxy) is 2. The van der Waals surface area contributed by atoms with Crippen molar-refractivity contribution in [3.63, 3.8) is 0 Å². The first-order chi connectivity index (χ1) is 33.8. The van der Waals surface area contributed by atoms with Crippen molar-refractivity contribution in [1.82, 2.24) is 0 Å². The SMILES string of the molecule is CC/C=C\C/C=C\C/C=C\C/C=C\C/C=C\C/C=C\C/C=C\C/C=C\C/C=C\CCCC(=O)OC(COC(=O)CCCCCCCCCCC/C=C\CCCCCCCC)COP(=O)(O)OCCN. The lowest BCUT2D eigenvalue weighted by Gasteiger charge is -2.19. The van der Waals surface area contributed by atoms with E-state index >= 15 is 0 Å². The van der Waals surface area contributed by atoms with Gasteiger partial charge in [-0.3, -0.25) is 18.6 Å². The van der Waals surface area contributed by atoms with Crippen molar-refractivity contribution in [2.24, 2.45) is 5.73 Å². The quantitative estimate of drug-likeness (QED) is 0.0264. The van der Waals surface area contributed by atoms with Crippen molar-refractivity contribution in [3.05, 3.63) is 122 Å². The Kier molecular flexibility index (Phi) is 51.0. The summed E-state index contributed by atoms with van der Waals surface area (Å²) in [5.41, 5.74) is 5.37. The molecule has 0 amide bonds. The summed E-state index contributed by atoms with van der Waals surface area (Å²) in [4.78, 5) is 35.1. The summed E-state index contributed by atoms with van der Waals surface area (Å²) < 4.78 is 32.9. The Labute approximate surface area is 421 Å². The average Bonchev–Trinajstić information content (AvgIpc) is 3.34. The highest BCUT2D eigenvalue weighted by atomic mass is 31.2. The van der Waals surface area contributed by atoms with Crippen LogP contribution in [-0.4, -0.2) is 49.3 Å². The highest BCUT2D eigenvalue weighted by molar-refractivity contribution is 7.47. The van der Waals surface area contributed by atoms with Crippen LogP contribution in [0.5, 0.6) is 0 Å². The zero-order valence-electron chi connectivity index (χ0n) is 43.5. The van der Waals surface area contributed by atoms with Crippen LogP contribution in [0.2, 0.25) is 0 Å². The van der Waals surface area contributed by atoms with Gasteiger partial charge in [-0.15, -0.1) is 0 Å². The van der Waals surface area contributed by atoms with Crippen LogP contribution >= 0.6 is 7.82 Å². The molecule has 0 bridgehead atoms. The number of allylic oxidation sites excluding steroid dienone is 20. The highest BCUT2D eigenvalue weighted by Crippen LogP contribution is 2.43. The third kappa shape index (κ3) is 53.6. The van der Waals surface area contributed by atoms with Gasteiger partial charge in [0.05, 0.1) is 13.2 Å². The lowest BCUT2D eigenvalue weighted by atomic mass is 10.1. The molecule has 0 fully saturated rings. The maximum atomic E-state index is 12.7. The first-order valence-corrected chi connectivity index (χ1v) is 28.5. The molecule has 0 radical (unpaired) electrons. The molecule has 0 aromatic carbocycles. The molecule has 0 rings (SSSR count). The molecular formula is C59H98NO8P. The second kappa shape index (κ2) is 53.8. The number of phosphoric acid groups is 1. The van der Waals surface area contributed by atoms with Gasteiger partial charge in [-0.1, -0.05) is 212 Å². The fourth-order valence-electron chi connectivity index (χ4n) is 6.87. The molecule has 69 heavy (non-hydrogen) atoms. The van der Waals surface area contributed by atoms with Crippen LogP contribution in [0.15, 0.2) is 122 Å². The summed E-state index contributed by atoms with van der Waals surface area (Å²) in [5, 5.41) is 0. The monoisotopic (exact) mass is 980 g/mol. The number of phosphoric ester groups is 1. The lowest BCUT2D eigenvalue weighted by molar-refractivity contribution is -0.161. The first kappa shape index (κ1) is 65.4. The minimum Gasteiger partial charge on any atom is -0.462 e. The molecule has 0 aliphatic carbocycles. The topological polar surface area (TPSA) is 134 Å². The average molecular weight is 980 g/mol. The van der Waals surface area contributed by atoms with Crippen molar-refractivity contribution in [2.75, 3.05) is 26.4 Å². The second-order valence-electron chi connectivity index (χ2n) is 17.4. The van der Waals surface area contributed by atoms with Gasteiger partial charge in [0.25, 0.3) is 0 Å². The first-order valence-electron chi connectivity index (χ1n) is 27.0. The van der Waals surface area contributed by atoms with E-state index < -0.39 is 32.5 Å². The summed E-state index contributed by atoms with van der Waals surface area (Å²) in [6.07, 6.45) is 73.9. The van der Waals surface area contributed by atoms with Crippen LogP contribution in [0.4, 0.5) is 0 Å². The Morgan fingerprint density at radius 1 is 0.449 bits per heavy atom. The van der Waals surface area contributed by atoms with Crippen LogP contribution in [-0.2, 0) is 32.7 Å². The van der Waals surface area contributed by atoms with Gasteiger partial charge in [-0.2, -0.15) is 0 Å². The second-order valence-corrected chi connectivity index (χ2v) is 18.8. The molecule has 10 heteroatoms. The van der Waals surface area contributed by atoms with Crippen LogP contribution in [0, 0.1) is 0 Å². The third-order valence-electron chi connectivity index (χ3n) is 10.8. The molecule has 0 aromatic heterocycles. The van der Waals surface area contributed by atoms with E-state index in [1.54, 1.807) is 0 Å². The van der Waals surface area contributed by atoms with Gasteiger partial charge in [-0.05, 0) is 103 Å². The predicted octanol–water partition coefficient (Wildman–Crippen LogP) is 16.8. The molecule has 2 unspecified atom stereocenters. The van der Waals surface area contributed by atoms with Gasteiger partial charge < -0.3 is 20.1 Å².